The largest absolute Gasteiger partial charge is 0.497 e. The fraction of sp³-hybridized carbons (Fsp3) is 0.364. The van der Waals surface area contributed by atoms with Crippen molar-refractivity contribution < 1.29 is 22.7 Å². The number of carbonyl (C=O) groups excluding carboxylic acids is 2. The van der Waals surface area contributed by atoms with Crippen molar-refractivity contribution in [3.8, 4) is 5.75 Å². The summed E-state index contributed by atoms with van der Waals surface area (Å²) < 4.78 is 31.4. The quantitative estimate of drug-likeness (QED) is 0.701. The maximum Gasteiger partial charge on any atom is 0.247 e. The van der Waals surface area contributed by atoms with Crippen LogP contribution >= 0.6 is 0 Å². The van der Waals surface area contributed by atoms with Crippen LogP contribution in [0.5, 0.6) is 5.75 Å². The molecule has 1 atom stereocenters. The maximum absolute atomic E-state index is 13.4. The Hall–Kier alpha value is -2.91. The molecule has 1 saturated heterocycles. The van der Waals surface area contributed by atoms with Crippen LogP contribution in [0.25, 0.3) is 0 Å². The zero-order valence-electron chi connectivity index (χ0n) is 17.9. The SMILES string of the molecule is CCS(=O)(=O)N1CC(=O)N(c2cccc(OC)c2)C(C)(C(=O)NCc2ccccc2)C1. The van der Waals surface area contributed by atoms with E-state index in [1.165, 1.54) is 18.9 Å². The molecule has 1 heterocycles. The molecule has 0 aromatic heterocycles. The van der Waals surface area contributed by atoms with E-state index in [2.05, 4.69) is 5.32 Å². The van der Waals surface area contributed by atoms with Gasteiger partial charge in [-0.3, -0.25) is 14.5 Å². The third kappa shape index (κ3) is 4.72. The number of sulfonamides is 1. The number of benzene rings is 2. The Morgan fingerprint density at radius 1 is 1.16 bits per heavy atom. The molecule has 9 heteroatoms. The number of nitrogens with zero attached hydrogens (tertiary/aromatic N) is 2. The number of hydrogen-bond donors (Lipinski definition) is 1. The molecule has 31 heavy (non-hydrogen) atoms. The summed E-state index contributed by atoms with van der Waals surface area (Å²) >= 11 is 0. The van der Waals surface area contributed by atoms with Gasteiger partial charge in [0.1, 0.15) is 11.3 Å². The Morgan fingerprint density at radius 2 is 1.87 bits per heavy atom. The molecule has 2 aromatic rings. The molecule has 1 unspecified atom stereocenters. The minimum absolute atomic E-state index is 0.146. The molecule has 1 aliphatic heterocycles. The van der Waals surface area contributed by atoms with Gasteiger partial charge < -0.3 is 10.1 Å². The number of anilines is 1. The van der Waals surface area contributed by atoms with Gasteiger partial charge in [-0.15, -0.1) is 0 Å². The lowest BCUT2D eigenvalue weighted by Gasteiger charge is -2.46. The van der Waals surface area contributed by atoms with Crippen molar-refractivity contribution in [3.05, 3.63) is 60.2 Å². The number of rotatable bonds is 7. The van der Waals surface area contributed by atoms with Gasteiger partial charge in [0.2, 0.25) is 21.8 Å². The number of carbonyl (C=O) groups is 2. The molecule has 0 radical (unpaired) electrons. The number of amides is 2. The normalized spacial score (nSPS) is 19.8. The standard InChI is InChI=1S/C22H27N3O5S/c1-4-31(28,29)24-15-20(26)25(18-11-8-12-19(13-18)30-3)22(2,16-24)21(27)23-14-17-9-6-5-7-10-17/h5-13H,4,14-16H2,1-3H3,(H,23,27). The van der Waals surface area contributed by atoms with Crippen molar-refractivity contribution in [1.29, 1.82) is 0 Å². The van der Waals surface area contributed by atoms with Crippen LogP contribution in [0.2, 0.25) is 0 Å². The minimum Gasteiger partial charge on any atom is -0.497 e. The van der Waals surface area contributed by atoms with Gasteiger partial charge in [-0.1, -0.05) is 36.4 Å². The molecule has 2 amide bonds. The fourth-order valence-electron chi connectivity index (χ4n) is 3.67. The number of ether oxygens (including phenoxy) is 1. The Labute approximate surface area is 182 Å². The summed E-state index contributed by atoms with van der Waals surface area (Å²) in [4.78, 5) is 27.9. The minimum atomic E-state index is -3.66. The van der Waals surface area contributed by atoms with Crippen LogP contribution in [0.1, 0.15) is 19.4 Å². The number of nitrogens with one attached hydrogen (secondary N) is 1. The molecule has 1 N–H and O–H groups in total. The molecule has 0 bridgehead atoms. The molecular formula is C22H27N3O5S. The van der Waals surface area contributed by atoms with Crippen LogP contribution in [0.4, 0.5) is 5.69 Å². The van der Waals surface area contributed by atoms with Crippen LogP contribution in [0.15, 0.2) is 54.6 Å². The van der Waals surface area contributed by atoms with Crippen molar-refractivity contribution in [2.45, 2.75) is 25.9 Å². The van der Waals surface area contributed by atoms with Crippen LogP contribution in [-0.2, 0) is 26.2 Å². The topological polar surface area (TPSA) is 96.0 Å². The van der Waals surface area contributed by atoms with Crippen molar-refractivity contribution in [2.24, 2.45) is 0 Å². The van der Waals surface area contributed by atoms with Gasteiger partial charge in [0.15, 0.2) is 0 Å². The van der Waals surface area contributed by atoms with E-state index in [0.29, 0.717) is 11.4 Å². The Bertz CT molecular complexity index is 1060. The molecule has 8 nitrogen and oxygen atoms in total. The summed E-state index contributed by atoms with van der Waals surface area (Å²) in [5, 5.41) is 2.86. The Morgan fingerprint density at radius 3 is 2.52 bits per heavy atom. The molecule has 1 fully saturated rings. The van der Waals surface area contributed by atoms with Gasteiger partial charge in [0.05, 0.1) is 19.4 Å². The summed E-state index contributed by atoms with van der Waals surface area (Å²) in [6.45, 7) is 2.89. The predicted molar refractivity (Wildman–Crippen MR) is 118 cm³/mol. The molecule has 3 rings (SSSR count). The lowest BCUT2D eigenvalue weighted by atomic mass is 9.94. The molecule has 0 aliphatic carbocycles. The van der Waals surface area contributed by atoms with E-state index in [1.54, 1.807) is 31.2 Å². The van der Waals surface area contributed by atoms with E-state index in [0.717, 1.165) is 9.87 Å². The number of methoxy groups -OCH3 is 1. The molecule has 1 aliphatic rings. The van der Waals surface area contributed by atoms with Crippen LogP contribution in [0, 0.1) is 0 Å². The van der Waals surface area contributed by atoms with Crippen LogP contribution in [0.3, 0.4) is 0 Å². The molecule has 0 saturated carbocycles. The van der Waals surface area contributed by atoms with E-state index in [4.69, 9.17) is 4.74 Å². The predicted octanol–water partition coefficient (Wildman–Crippen LogP) is 1.77. The van der Waals surface area contributed by atoms with E-state index in [1.807, 2.05) is 30.3 Å². The third-order valence-electron chi connectivity index (χ3n) is 5.39. The maximum atomic E-state index is 13.4. The van der Waals surface area contributed by atoms with Gasteiger partial charge in [-0.05, 0) is 31.5 Å². The van der Waals surface area contributed by atoms with Gasteiger partial charge in [0, 0.05) is 24.8 Å². The second kappa shape index (κ2) is 9.07. The number of hydrogen-bond acceptors (Lipinski definition) is 5. The Balaban J connectivity index is 1.98. The highest BCUT2D eigenvalue weighted by atomic mass is 32.2. The lowest BCUT2D eigenvalue weighted by Crippen LogP contribution is -2.70. The smallest absolute Gasteiger partial charge is 0.247 e. The first-order valence-electron chi connectivity index (χ1n) is 9.98. The van der Waals surface area contributed by atoms with E-state index in [9.17, 15) is 18.0 Å². The fourth-order valence-corrected chi connectivity index (χ4v) is 4.79. The first kappa shape index (κ1) is 22.8. The van der Waals surface area contributed by atoms with Gasteiger partial charge in [-0.25, -0.2) is 8.42 Å². The first-order valence-corrected chi connectivity index (χ1v) is 11.6. The second-order valence-corrected chi connectivity index (χ2v) is 9.80. The lowest BCUT2D eigenvalue weighted by molar-refractivity contribution is -0.133. The Kier molecular flexibility index (Phi) is 6.66. The molecule has 2 aromatic carbocycles. The van der Waals surface area contributed by atoms with E-state index < -0.39 is 27.4 Å². The van der Waals surface area contributed by atoms with E-state index >= 15 is 0 Å². The summed E-state index contributed by atoms with van der Waals surface area (Å²) in [6.07, 6.45) is 0. The summed E-state index contributed by atoms with van der Waals surface area (Å²) in [5.41, 5.74) is -0.0820. The van der Waals surface area contributed by atoms with Crippen molar-refractivity contribution in [3.63, 3.8) is 0 Å². The summed E-state index contributed by atoms with van der Waals surface area (Å²) in [5.74, 6) is -0.542. The zero-order valence-corrected chi connectivity index (χ0v) is 18.7. The highest BCUT2D eigenvalue weighted by molar-refractivity contribution is 7.89. The number of piperazine rings is 1. The van der Waals surface area contributed by atoms with Crippen molar-refractivity contribution >= 4 is 27.5 Å². The molecular weight excluding hydrogens is 418 g/mol. The average Bonchev–Trinajstić information content (AvgIpc) is 2.77. The summed E-state index contributed by atoms with van der Waals surface area (Å²) in [6, 6.07) is 16.2. The highest BCUT2D eigenvalue weighted by Gasteiger charge is 2.50. The average molecular weight is 446 g/mol. The van der Waals surface area contributed by atoms with Gasteiger partial charge >= 0.3 is 0 Å². The van der Waals surface area contributed by atoms with Crippen LogP contribution in [-0.4, -0.2) is 56.0 Å². The molecule has 166 valence electrons. The molecule has 0 spiro atoms. The summed E-state index contributed by atoms with van der Waals surface area (Å²) in [7, 11) is -2.15. The zero-order chi connectivity index (χ0) is 22.6. The van der Waals surface area contributed by atoms with Gasteiger partial charge in [-0.2, -0.15) is 4.31 Å². The van der Waals surface area contributed by atoms with Crippen LogP contribution < -0.4 is 15.0 Å². The van der Waals surface area contributed by atoms with Crippen molar-refractivity contribution in [1.82, 2.24) is 9.62 Å². The highest BCUT2D eigenvalue weighted by Crippen LogP contribution is 2.32. The van der Waals surface area contributed by atoms with Crippen molar-refractivity contribution in [2.75, 3.05) is 30.9 Å². The second-order valence-electron chi connectivity index (χ2n) is 7.54. The first-order chi connectivity index (χ1) is 14.7. The van der Waals surface area contributed by atoms with E-state index in [-0.39, 0.29) is 25.4 Å². The van der Waals surface area contributed by atoms with Gasteiger partial charge in [0.25, 0.3) is 0 Å². The monoisotopic (exact) mass is 445 g/mol. The third-order valence-corrected chi connectivity index (χ3v) is 7.17.